The van der Waals surface area contributed by atoms with Crippen molar-refractivity contribution in [3.05, 3.63) is 24.3 Å². The lowest BCUT2D eigenvalue weighted by atomic mass is 10.2. The average Bonchev–Trinajstić information content (AvgIpc) is 2.49. The Morgan fingerprint density at radius 1 is 1.09 bits per heavy atom. The largest absolute Gasteiger partial charge is 0.311 e. The molecular formula is C13H21N3O4S2. The third-order valence-corrected chi connectivity index (χ3v) is 7.14. The van der Waals surface area contributed by atoms with Crippen molar-refractivity contribution >= 4 is 20.0 Å². The minimum absolute atomic E-state index is 0.0377. The quantitative estimate of drug-likeness (QED) is 0.797. The molecule has 2 unspecified atom stereocenters. The lowest BCUT2D eigenvalue weighted by Crippen LogP contribution is -2.56. The minimum Gasteiger partial charge on any atom is -0.311 e. The average molecular weight is 347 g/mol. The summed E-state index contributed by atoms with van der Waals surface area (Å²) in [4.78, 5) is 0.138. The number of hydrogen-bond donors (Lipinski definition) is 2. The molecule has 1 aliphatic heterocycles. The molecule has 2 N–H and O–H groups in total. The number of hydrogen-bond acceptors (Lipinski definition) is 5. The van der Waals surface area contributed by atoms with E-state index in [9.17, 15) is 16.8 Å². The van der Waals surface area contributed by atoms with E-state index >= 15 is 0 Å². The topological polar surface area (TPSA) is 95.6 Å². The molecule has 0 bridgehead atoms. The number of rotatable bonds is 4. The summed E-state index contributed by atoms with van der Waals surface area (Å²) >= 11 is 0. The van der Waals surface area contributed by atoms with Crippen LogP contribution in [-0.4, -0.2) is 53.4 Å². The molecule has 124 valence electrons. The number of piperazine rings is 1. The maximum Gasteiger partial charge on any atom is 0.243 e. The summed E-state index contributed by atoms with van der Waals surface area (Å²) in [7, 11) is -5.90. The second-order valence-corrected chi connectivity index (χ2v) is 9.19. The highest BCUT2D eigenvalue weighted by molar-refractivity contribution is 7.89. The molecule has 0 aliphatic carbocycles. The lowest BCUT2D eigenvalue weighted by molar-refractivity contribution is 0.244. The molecule has 0 spiro atoms. The van der Waals surface area contributed by atoms with Gasteiger partial charge in [-0.25, -0.2) is 21.6 Å². The van der Waals surface area contributed by atoms with Crippen LogP contribution >= 0.6 is 0 Å². The predicted octanol–water partition coefficient (Wildman–Crippen LogP) is -0.0344. The van der Waals surface area contributed by atoms with Gasteiger partial charge in [0.25, 0.3) is 0 Å². The first kappa shape index (κ1) is 17.4. The molecule has 1 aromatic rings. The van der Waals surface area contributed by atoms with Gasteiger partial charge < -0.3 is 5.32 Å². The van der Waals surface area contributed by atoms with E-state index in [4.69, 9.17) is 0 Å². The van der Waals surface area contributed by atoms with Gasteiger partial charge in [0.05, 0.1) is 9.79 Å². The molecule has 22 heavy (non-hydrogen) atoms. The van der Waals surface area contributed by atoms with Crippen LogP contribution in [0.25, 0.3) is 0 Å². The molecular weight excluding hydrogens is 326 g/mol. The predicted molar refractivity (Wildman–Crippen MR) is 83.5 cm³/mol. The van der Waals surface area contributed by atoms with Crippen molar-refractivity contribution in [3.63, 3.8) is 0 Å². The minimum atomic E-state index is -3.64. The lowest BCUT2D eigenvalue weighted by Gasteiger charge is -2.36. The number of nitrogens with zero attached hydrogens (tertiary/aromatic N) is 1. The maximum atomic E-state index is 12.7. The van der Waals surface area contributed by atoms with Crippen LogP contribution in [0.3, 0.4) is 0 Å². The summed E-state index contributed by atoms with van der Waals surface area (Å²) in [5.74, 6) is 0. The first-order chi connectivity index (χ1) is 10.2. The maximum absolute atomic E-state index is 12.7. The molecule has 1 heterocycles. The van der Waals surface area contributed by atoms with Crippen LogP contribution in [0.4, 0.5) is 0 Å². The molecule has 0 aromatic heterocycles. The number of benzene rings is 1. The van der Waals surface area contributed by atoms with E-state index in [-0.39, 0.29) is 21.9 Å². The Bertz CT molecular complexity index is 729. The molecule has 1 saturated heterocycles. The normalized spacial score (nSPS) is 24.3. The summed E-state index contributed by atoms with van der Waals surface area (Å²) < 4.78 is 52.4. The Labute approximate surface area is 131 Å². The van der Waals surface area contributed by atoms with E-state index in [1.54, 1.807) is 0 Å². The van der Waals surface area contributed by atoms with Crippen molar-refractivity contribution in [1.29, 1.82) is 0 Å². The van der Waals surface area contributed by atoms with Crippen molar-refractivity contribution in [3.8, 4) is 0 Å². The zero-order valence-corrected chi connectivity index (χ0v) is 14.4. The monoisotopic (exact) mass is 347 g/mol. The molecule has 2 atom stereocenters. The highest BCUT2D eigenvalue weighted by atomic mass is 32.2. The fourth-order valence-corrected chi connectivity index (χ4v) is 4.82. The standard InChI is InChI=1S/C13H21N3O4S2/c1-10-9-16(11(2)8-15-10)22(19,20)13-6-4-12(5-7-13)21(17,18)14-3/h4-7,10-11,14-15H,8-9H2,1-3H3. The van der Waals surface area contributed by atoms with E-state index in [2.05, 4.69) is 10.0 Å². The van der Waals surface area contributed by atoms with Gasteiger partial charge >= 0.3 is 0 Å². The van der Waals surface area contributed by atoms with Gasteiger partial charge in [-0.05, 0) is 45.2 Å². The zero-order valence-electron chi connectivity index (χ0n) is 12.8. The molecule has 0 saturated carbocycles. The van der Waals surface area contributed by atoms with Crippen LogP contribution in [0.5, 0.6) is 0 Å². The third-order valence-electron chi connectivity index (χ3n) is 3.72. The van der Waals surface area contributed by atoms with Crippen molar-refractivity contribution < 1.29 is 16.8 Å². The highest BCUT2D eigenvalue weighted by Gasteiger charge is 2.33. The van der Waals surface area contributed by atoms with Gasteiger partial charge in [0.2, 0.25) is 20.0 Å². The van der Waals surface area contributed by atoms with Crippen LogP contribution in [0, 0.1) is 0 Å². The van der Waals surface area contributed by atoms with Gasteiger partial charge in [-0.15, -0.1) is 0 Å². The Hall–Kier alpha value is -1.00. The molecule has 7 nitrogen and oxygen atoms in total. The van der Waals surface area contributed by atoms with Crippen molar-refractivity contribution in [2.24, 2.45) is 0 Å². The van der Waals surface area contributed by atoms with E-state index in [1.807, 2.05) is 13.8 Å². The van der Waals surface area contributed by atoms with Crippen molar-refractivity contribution in [2.75, 3.05) is 20.1 Å². The van der Waals surface area contributed by atoms with E-state index in [0.717, 1.165) is 0 Å². The zero-order chi connectivity index (χ0) is 16.5. The van der Waals surface area contributed by atoms with E-state index in [0.29, 0.717) is 13.1 Å². The van der Waals surface area contributed by atoms with Gasteiger partial charge in [-0.3, -0.25) is 0 Å². The summed E-state index contributed by atoms with van der Waals surface area (Å²) in [6.07, 6.45) is 0. The van der Waals surface area contributed by atoms with Crippen LogP contribution < -0.4 is 10.0 Å². The first-order valence-corrected chi connectivity index (χ1v) is 9.89. The first-order valence-electron chi connectivity index (χ1n) is 6.97. The number of sulfonamides is 2. The smallest absolute Gasteiger partial charge is 0.243 e. The molecule has 0 radical (unpaired) electrons. The third kappa shape index (κ3) is 3.33. The fourth-order valence-electron chi connectivity index (χ4n) is 2.37. The van der Waals surface area contributed by atoms with Crippen LogP contribution in [0.15, 0.2) is 34.1 Å². The second kappa shape index (κ2) is 6.25. The van der Waals surface area contributed by atoms with Crippen LogP contribution in [0.1, 0.15) is 13.8 Å². The molecule has 1 aliphatic rings. The van der Waals surface area contributed by atoms with Crippen molar-refractivity contribution in [2.45, 2.75) is 35.7 Å². The highest BCUT2D eigenvalue weighted by Crippen LogP contribution is 2.22. The van der Waals surface area contributed by atoms with E-state index < -0.39 is 20.0 Å². The Morgan fingerprint density at radius 3 is 2.18 bits per heavy atom. The molecule has 9 heteroatoms. The van der Waals surface area contributed by atoms with Gasteiger partial charge in [0, 0.05) is 25.2 Å². The van der Waals surface area contributed by atoms with Gasteiger partial charge in [-0.2, -0.15) is 4.31 Å². The fraction of sp³-hybridized carbons (Fsp3) is 0.538. The van der Waals surface area contributed by atoms with Gasteiger partial charge in [0.15, 0.2) is 0 Å². The summed E-state index contributed by atoms with van der Waals surface area (Å²) in [6, 6.07) is 5.19. The summed E-state index contributed by atoms with van der Waals surface area (Å²) in [5.41, 5.74) is 0. The Kier molecular flexibility index (Phi) is 4.93. The van der Waals surface area contributed by atoms with Crippen LogP contribution in [0.2, 0.25) is 0 Å². The van der Waals surface area contributed by atoms with Gasteiger partial charge in [-0.1, -0.05) is 0 Å². The van der Waals surface area contributed by atoms with Crippen molar-refractivity contribution in [1.82, 2.24) is 14.3 Å². The van der Waals surface area contributed by atoms with Gasteiger partial charge in [0.1, 0.15) is 0 Å². The number of nitrogens with one attached hydrogen (secondary N) is 2. The molecule has 1 aromatic carbocycles. The van der Waals surface area contributed by atoms with Crippen LogP contribution in [-0.2, 0) is 20.0 Å². The Morgan fingerprint density at radius 2 is 1.64 bits per heavy atom. The second-order valence-electron chi connectivity index (χ2n) is 5.41. The summed E-state index contributed by atoms with van der Waals surface area (Å²) in [5, 5.41) is 3.23. The Balaban J connectivity index is 2.34. The molecule has 0 amide bonds. The molecule has 2 rings (SSSR count). The van der Waals surface area contributed by atoms with E-state index in [1.165, 1.54) is 35.6 Å². The SMILES string of the molecule is CNS(=O)(=O)c1ccc(S(=O)(=O)N2CC(C)NCC2C)cc1. The summed E-state index contributed by atoms with van der Waals surface area (Å²) in [6.45, 7) is 4.75. The molecule has 1 fully saturated rings.